The molecule has 120 valence electrons. The fourth-order valence-electron chi connectivity index (χ4n) is 2.31. The molecular weight excluding hydrogens is 292 g/mol. The highest BCUT2D eigenvalue weighted by Crippen LogP contribution is 2.28. The first kappa shape index (κ1) is 7.77. The van der Waals surface area contributed by atoms with Crippen molar-refractivity contribution in [1.82, 2.24) is 19.9 Å². The van der Waals surface area contributed by atoms with Gasteiger partial charge in [-0.05, 0) is 18.4 Å². The van der Waals surface area contributed by atoms with Gasteiger partial charge < -0.3 is 19.6 Å². The summed E-state index contributed by atoms with van der Waals surface area (Å²) < 4.78 is 74.5. The molecule has 0 spiro atoms. The van der Waals surface area contributed by atoms with Gasteiger partial charge in [-0.15, -0.1) is 0 Å². The van der Waals surface area contributed by atoms with Gasteiger partial charge in [-0.1, -0.05) is 6.85 Å². The Kier molecular flexibility index (Phi) is 2.11. The Morgan fingerprint density at radius 1 is 1.70 bits per heavy atom. The van der Waals surface area contributed by atoms with Gasteiger partial charge in [0.15, 0.2) is 0 Å². The Balaban J connectivity index is 2.30. The zero-order valence-electron chi connectivity index (χ0n) is 21.2. The largest absolute Gasteiger partial charge is 0.354 e. The molecule has 3 rings (SSSR count). The second-order valence-electron chi connectivity index (χ2n) is 4.90. The molecule has 0 aliphatic carbocycles. The van der Waals surface area contributed by atoms with E-state index in [1.807, 2.05) is 0 Å². The van der Waals surface area contributed by atoms with Crippen LogP contribution in [0.25, 0.3) is 15.9 Å². The molecule has 7 heteroatoms. The normalized spacial score (nSPS) is 34.1. The second kappa shape index (κ2) is 6.24. The Labute approximate surface area is 147 Å². The lowest BCUT2D eigenvalue weighted by Crippen LogP contribution is -2.53. The average Bonchev–Trinajstić information content (AvgIpc) is 3.11. The number of rotatable bonds is 3. The monoisotopic (exact) mass is 321 g/mol. The number of nitrogens with zero attached hydrogens (tertiary/aromatic N) is 5. The summed E-state index contributed by atoms with van der Waals surface area (Å²) in [7, 11) is 1.30. The summed E-state index contributed by atoms with van der Waals surface area (Å²) in [5.41, 5.74) is 0.364. The topological polar surface area (TPSA) is 69.5 Å². The van der Waals surface area contributed by atoms with Gasteiger partial charge in [0.25, 0.3) is 6.54 Å². The van der Waals surface area contributed by atoms with Crippen molar-refractivity contribution in [3.05, 3.63) is 30.0 Å². The van der Waals surface area contributed by atoms with Crippen LogP contribution in [0.3, 0.4) is 0 Å². The first-order chi connectivity index (χ1) is 14.6. The summed E-state index contributed by atoms with van der Waals surface area (Å²) in [5.74, 6) is -3.43. The van der Waals surface area contributed by atoms with Crippen LogP contribution in [0.2, 0.25) is 0 Å². The van der Waals surface area contributed by atoms with E-state index in [-0.39, 0.29) is 10.7 Å². The van der Waals surface area contributed by atoms with Crippen molar-refractivity contribution in [3.8, 4) is 0 Å². The molecule has 7 nitrogen and oxygen atoms in total. The highest BCUT2D eigenvalue weighted by atomic mass is 16.2. The highest BCUT2D eigenvalue weighted by Gasteiger charge is 2.33. The van der Waals surface area contributed by atoms with Crippen molar-refractivity contribution in [1.29, 1.82) is 0 Å². The molecule has 1 aliphatic rings. The maximum Gasteiger partial charge on any atom is 0.302 e. The number of likely N-dealkylation sites (N-methyl/N-ethyl adjacent to an activating group) is 1. The first-order valence-corrected chi connectivity index (χ1v) is 6.77. The van der Waals surface area contributed by atoms with E-state index in [9.17, 15) is 4.79 Å². The number of fused-ring (bicyclic) bond motifs is 1. The Bertz CT molecular complexity index is 1080. The summed E-state index contributed by atoms with van der Waals surface area (Å²) in [6.45, 7) is -3.56. The van der Waals surface area contributed by atoms with Crippen molar-refractivity contribution in [2.75, 3.05) is 31.5 Å². The minimum atomic E-state index is -3.36. The fourth-order valence-corrected chi connectivity index (χ4v) is 2.31. The van der Waals surface area contributed by atoms with Crippen molar-refractivity contribution >= 4 is 22.8 Å². The zero-order chi connectivity index (χ0) is 24.3. The SMILES string of the molecule is [2H]C([2H])([2H])[C@H]1[C@@H](N(C)c2ncnc3[nH]ccc23)C([2H])([2H])N(C(=O)C[N+]#[C-])C([2H])([2H])C1([2H])[2H]. The van der Waals surface area contributed by atoms with Crippen LogP contribution in [0.5, 0.6) is 0 Å². The van der Waals surface area contributed by atoms with E-state index < -0.39 is 50.6 Å². The lowest BCUT2D eigenvalue weighted by Gasteiger charge is -2.41. The molecule has 0 aromatic carbocycles. The van der Waals surface area contributed by atoms with Crippen molar-refractivity contribution in [2.45, 2.75) is 19.3 Å². The van der Waals surface area contributed by atoms with Crippen molar-refractivity contribution in [3.63, 3.8) is 0 Å². The van der Waals surface area contributed by atoms with E-state index in [4.69, 9.17) is 18.9 Å². The van der Waals surface area contributed by atoms with Gasteiger partial charge in [0, 0.05) is 35.8 Å². The number of carbonyl (C=O) groups is 1. The molecule has 0 radical (unpaired) electrons. The maximum absolute atomic E-state index is 12.6. The first-order valence-electron chi connectivity index (χ1n) is 11.3. The van der Waals surface area contributed by atoms with Crippen molar-refractivity contribution in [2.24, 2.45) is 5.92 Å². The molecule has 2 aromatic heterocycles. The van der Waals surface area contributed by atoms with Crippen molar-refractivity contribution < 1.29 is 17.1 Å². The molecule has 2 atom stereocenters. The molecule has 0 bridgehead atoms. The Hall–Kier alpha value is -2.62. The van der Waals surface area contributed by atoms with E-state index in [2.05, 4.69) is 19.8 Å². The van der Waals surface area contributed by atoms with Crippen LogP contribution < -0.4 is 4.90 Å². The third kappa shape index (κ3) is 2.84. The smallest absolute Gasteiger partial charge is 0.302 e. The van der Waals surface area contributed by atoms with E-state index in [1.165, 1.54) is 13.2 Å². The minimum Gasteiger partial charge on any atom is -0.354 e. The third-order valence-corrected chi connectivity index (χ3v) is 3.46. The predicted octanol–water partition coefficient (Wildman–Crippen LogP) is 1.55. The summed E-state index contributed by atoms with van der Waals surface area (Å²) in [6, 6.07) is -0.323. The molecule has 23 heavy (non-hydrogen) atoms. The van der Waals surface area contributed by atoms with Crippen LogP contribution in [0.4, 0.5) is 5.82 Å². The summed E-state index contributed by atoms with van der Waals surface area (Å²) in [4.78, 5) is 27.6. The van der Waals surface area contributed by atoms with Gasteiger partial charge in [0.2, 0.25) is 0 Å². The molecule has 1 amide bonds. The number of hydrogen-bond acceptors (Lipinski definition) is 4. The molecule has 1 aliphatic heterocycles. The lowest BCUT2D eigenvalue weighted by atomic mass is 9.92. The summed E-state index contributed by atoms with van der Waals surface area (Å²) in [5, 5.41) is 0.392. The molecule has 1 saturated heterocycles. The average molecular weight is 321 g/mol. The number of nitrogens with one attached hydrogen (secondary N) is 1. The van der Waals surface area contributed by atoms with E-state index in [1.54, 1.807) is 6.07 Å². The lowest BCUT2D eigenvalue weighted by molar-refractivity contribution is -0.130. The third-order valence-electron chi connectivity index (χ3n) is 3.46. The number of amides is 1. The Morgan fingerprint density at radius 2 is 2.57 bits per heavy atom. The molecular formula is C16H20N6O. The highest BCUT2D eigenvalue weighted by molar-refractivity contribution is 5.87. The molecule has 2 aromatic rings. The number of hydrogen-bond donors (Lipinski definition) is 1. The quantitative estimate of drug-likeness (QED) is 0.871. The van der Waals surface area contributed by atoms with Gasteiger partial charge in [0.1, 0.15) is 17.8 Å². The summed E-state index contributed by atoms with van der Waals surface area (Å²) in [6.07, 6.45) is -0.523. The Morgan fingerprint density at radius 3 is 3.35 bits per heavy atom. The fraction of sp³-hybridized carbons (Fsp3) is 0.500. The van der Waals surface area contributed by atoms with Crippen LogP contribution in [0.15, 0.2) is 18.6 Å². The van der Waals surface area contributed by atoms with Gasteiger partial charge >= 0.3 is 5.91 Å². The molecule has 1 fully saturated rings. The number of carbonyl (C=O) groups excluding carboxylic acids is 1. The van der Waals surface area contributed by atoms with Crippen LogP contribution in [0.1, 0.15) is 25.6 Å². The van der Waals surface area contributed by atoms with Crippen LogP contribution >= 0.6 is 0 Å². The molecule has 0 unspecified atom stereocenters. The number of anilines is 1. The van der Waals surface area contributed by atoms with Crippen LogP contribution in [0, 0.1) is 12.5 Å². The van der Waals surface area contributed by atoms with Gasteiger partial charge in [0.05, 0.1) is 14.2 Å². The minimum absolute atomic E-state index is 0.0248. The number of piperidine rings is 1. The predicted molar refractivity (Wildman–Crippen MR) is 87.9 cm³/mol. The number of H-pyrrole nitrogens is 1. The maximum atomic E-state index is 12.6. The number of aromatic amines is 1. The summed E-state index contributed by atoms with van der Waals surface area (Å²) >= 11 is 0. The van der Waals surface area contributed by atoms with Gasteiger partial charge in [-0.25, -0.2) is 16.5 Å². The van der Waals surface area contributed by atoms with Crippen LogP contribution in [-0.4, -0.2) is 58.4 Å². The second-order valence-corrected chi connectivity index (χ2v) is 4.90. The van der Waals surface area contributed by atoms with Gasteiger partial charge in [-0.3, -0.25) is 4.79 Å². The van der Waals surface area contributed by atoms with Crippen LogP contribution in [-0.2, 0) is 4.79 Å². The van der Waals surface area contributed by atoms with E-state index in [0.717, 1.165) is 11.2 Å². The standard InChI is InChI=1S/C16H20N6O/c1-11-5-7-22(14(23)8-17-2)9-13(11)21(3)16-12-4-6-18-15(12)19-10-20-16/h4,6,10-11,13H,5,7-9H2,1,3H3,(H,18,19,20)/t11-,13+/m1/s1/i1D3,5D2,7D2,9D2. The molecule has 1 N–H and O–H groups in total. The zero-order valence-corrected chi connectivity index (χ0v) is 12.2. The molecule has 3 heterocycles. The van der Waals surface area contributed by atoms with E-state index >= 15 is 0 Å². The number of aromatic nitrogens is 3. The van der Waals surface area contributed by atoms with E-state index in [0.29, 0.717) is 11.0 Å². The van der Waals surface area contributed by atoms with Gasteiger partial charge in [-0.2, -0.15) is 0 Å². The molecule has 0 saturated carbocycles. The number of likely N-dealkylation sites (tertiary alicyclic amines) is 1.